The molecular formula is C30H43N5O8S. The van der Waals surface area contributed by atoms with Crippen LogP contribution in [0.1, 0.15) is 72.1 Å². The summed E-state index contributed by atoms with van der Waals surface area (Å²) in [5, 5.41) is 5.50. The number of amides is 4. The number of nitrogens with one attached hydrogen (secondary N) is 4. The Labute approximate surface area is 258 Å². The van der Waals surface area contributed by atoms with Crippen LogP contribution in [0.5, 0.6) is 5.75 Å². The molecule has 0 bridgehead atoms. The van der Waals surface area contributed by atoms with Crippen molar-refractivity contribution in [2.24, 2.45) is 5.92 Å². The minimum Gasteiger partial charge on any atom is -0.497 e. The highest BCUT2D eigenvalue weighted by molar-refractivity contribution is 7.91. The quantitative estimate of drug-likeness (QED) is 0.346. The molecule has 1 saturated carbocycles. The normalized spacial score (nSPS) is 26.9. The van der Waals surface area contributed by atoms with Crippen LogP contribution in [0, 0.1) is 5.92 Å². The van der Waals surface area contributed by atoms with E-state index in [9.17, 15) is 27.6 Å². The van der Waals surface area contributed by atoms with Crippen LogP contribution >= 0.6 is 0 Å². The molecule has 3 aliphatic rings. The Hall–Kier alpha value is -3.81. The molecule has 1 aromatic rings. The topological polar surface area (TPSA) is 172 Å². The number of hydrogen-bond acceptors (Lipinski definition) is 8. The molecule has 1 saturated heterocycles. The molecule has 4 amide bonds. The third-order valence-electron chi connectivity index (χ3n) is 7.90. The van der Waals surface area contributed by atoms with E-state index in [1.807, 2.05) is 12.2 Å². The highest BCUT2D eigenvalue weighted by atomic mass is 32.2. The fourth-order valence-electron chi connectivity index (χ4n) is 5.60. The molecule has 1 aliphatic carbocycles. The van der Waals surface area contributed by atoms with Gasteiger partial charge in [-0.1, -0.05) is 25.0 Å². The molecule has 44 heavy (non-hydrogen) atoms. The van der Waals surface area contributed by atoms with Crippen molar-refractivity contribution in [3.05, 3.63) is 36.4 Å². The number of nitrogens with zero attached hydrogens (tertiary/aromatic N) is 1. The molecule has 13 nitrogen and oxygen atoms in total. The third kappa shape index (κ3) is 8.42. The second kappa shape index (κ2) is 13.4. The monoisotopic (exact) mass is 633 g/mol. The maximum Gasteiger partial charge on any atom is 0.408 e. The predicted octanol–water partition coefficient (Wildman–Crippen LogP) is 2.75. The number of fused-ring (bicyclic) bond motifs is 2. The van der Waals surface area contributed by atoms with Gasteiger partial charge in [0.25, 0.3) is 5.91 Å². The molecule has 2 aliphatic heterocycles. The van der Waals surface area contributed by atoms with E-state index in [0.29, 0.717) is 44.4 Å². The number of ether oxygens (including phenoxy) is 2. The van der Waals surface area contributed by atoms with Gasteiger partial charge in [0.2, 0.25) is 11.8 Å². The largest absolute Gasteiger partial charge is 0.497 e. The Bertz CT molecular complexity index is 1370. The summed E-state index contributed by atoms with van der Waals surface area (Å²) < 4.78 is 40.6. The lowest BCUT2D eigenvalue weighted by Crippen LogP contribution is -2.58. The van der Waals surface area contributed by atoms with Crippen LogP contribution in [0.4, 0.5) is 10.5 Å². The molecule has 4 atom stereocenters. The van der Waals surface area contributed by atoms with Gasteiger partial charge < -0.3 is 25.0 Å². The molecule has 4 N–H and O–H groups in total. The van der Waals surface area contributed by atoms with Gasteiger partial charge >= 0.3 is 16.3 Å². The van der Waals surface area contributed by atoms with Gasteiger partial charge in [-0.05, 0) is 83.6 Å². The smallest absolute Gasteiger partial charge is 0.408 e. The highest BCUT2D eigenvalue weighted by Crippen LogP contribution is 2.45. The lowest BCUT2D eigenvalue weighted by molar-refractivity contribution is -0.141. The van der Waals surface area contributed by atoms with Crippen molar-refractivity contribution in [3.8, 4) is 5.75 Å². The minimum atomic E-state index is -4.34. The second-order valence-corrected chi connectivity index (χ2v) is 13.9. The summed E-state index contributed by atoms with van der Waals surface area (Å²) in [6, 6.07) is 4.38. The van der Waals surface area contributed by atoms with Gasteiger partial charge in [-0.2, -0.15) is 8.42 Å². The number of methoxy groups -OCH3 is 1. The zero-order chi connectivity index (χ0) is 32.1. The van der Waals surface area contributed by atoms with E-state index in [1.165, 1.54) is 24.1 Å². The third-order valence-corrected chi connectivity index (χ3v) is 8.85. The van der Waals surface area contributed by atoms with Gasteiger partial charge in [-0.25, -0.2) is 9.52 Å². The second-order valence-electron chi connectivity index (χ2n) is 12.5. The summed E-state index contributed by atoms with van der Waals surface area (Å²) >= 11 is 0. The maximum atomic E-state index is 13.7. The van der Waals surface area contributed by atoms with Crippen molar-refractivity contribution in [3.63, 3.8) is 0 Å². The standard InChI is InChI=1S/C30H43N5O8S/c1-29(2,3)43-28(39)31-23-12-9-7-5-6-8-11-20-19-30(20,32-25(36)24-13-10-18-35(24)26(23)37)27(38)34-44(40,41)33-21-14-16-22(42-4)17-15-21/h8,11,14-17,20,23-24,33H,5-7,9-10,12-13,18-19H2,1-4H3,(H,31,39)(H,32,36)(H,34,38)/b11-8-/t20-,23+,24?,30-/m1/s1. The Morgan fingerprint density at radius 3 is 2.45 bits per heavy atom. The number of benzene rings is 1. The molecule has 1 unspecified atom stereocenters. The zero-order valence-corrected chi connectivity index (χ0v) is 26.5. The summed E-state index contributed by atoms with van der Waals surface area (Å²) in [7, 11) is -2.85. The van der Waals surface area contributed by atoms with Crippen LogP contribution in [0.25, 0.3) is 0 Å². The van der Waals surface area contributed by atoms with Crippen molar-refractivity contribution >= 4 is 39.7 Å². The first kappa shape index (κ1) is 33.1. The van der Waals surface area contributed by atoms with Gasteiger partial charge in [0, 0.05) is 12.5 Å². The molecule has 4 rings (SSSR count). The average Bonchev–Trinajstić information content (AvgIpc) is 3.40. The molecule has 14 heteroatoms. The summed E-state index contributed by atoms with van der Waals surface area (Å²) in [5.74, 6) is -1.69. The van der Waals surface area contributed by atoms with Crippen LogP contribution in [-0.2, 0) is 29.3 Å². The van der Waals surface area contributed by atoms with Gasteiger partial charge in [-0.15, -0.1) is 0 Å². The molecule has 2 heterocycles. The number of carbonyl (C=O) groups excluding carboxylic acids is 4. The minimum absolute atomic E-state index is 0.211. The maximum absolute atomic E-state index is 13.7. The summed E-state index contributed by atoms with van der Waals surface area (Å²) in [6.07, 6.45) is 7.59. The lowest BCUT2D eigenvalue weighted by Gasteiger charge is -2.30. The Kier molecular flexibility index (Phi) is 10.1. The molecule has 2 fully saturated rings. The van der Waals surface area contributed by atoms with Gasteiger partial charge in [0.05, 0.1) is 12.8 Å². The summed E-state index contributed by atoms with van der Waals surface area (Å²) in [4.78, 5) is 54.9. The first-order chi connectivity index (χ1) is 20.7. The predicted molar refractivity (Wildman–Crippen MR) is 163 cm³/mol. The van der Waals surface area contributed by atoms with E-state index < -0.39 is 63.2 Å². The first-order valence-electron chi connectivity index (χ1n) is 15.0. The average molecular weight is 634 g/mol. The van der Waals surface area contributed by atoms with E-state index >= 15 is 0 Å². The number of anilines is 1. The van der Waals surface area contributed by atoms with Crippen molar-refractivity contribution in [2.45, 2.75) is 95.4 Å². The Morgan fingerprint density at radius 1 is 1.05 bits per heavy atom. The van der Waals surface area contributed by atoms with E-state index in [2.05, 4.69) is 20.1 Å². The van der Waals surface area contributed by atoms with E-state index in [1.54, 1.807) is 32.9 Å². The van der Waals surface area contributed by atoms with Crippen LogP contribution in [0.15, 0.2) is 36.4 Å². The molecule has 0 spiro atoms. The van der Waals surface area contributed by atoms with Gasteiger partial charge in [0.1, 0.15) is 29.0 Å². The highest BCUT2D eigenvalue weighted by Gasteiger charge is 2.61. The fraction of sp³-hybridized carbons (Fsp3) is 0.600. The van der Waals surface area contributed by atoms with Crippen molar-refractivity contribution in [1.82, 2.24) is 20.3 Å². The first-order valence-corrected chi connectivity index (χ1v) is 16.5. The lowest BCUT2D eigenvalue weighted by atomic mass is 10.0. The Morgan fingerprint density at radius 2 is 1.77 bits per heavy atom. The van der Waals surface area contributed by atoms with E-state index in [4.69, 9.17) is 9.47 Å². The molecule has 1 aromatic carbocycles. The SMILES string of the molecule is COc1ccc(NS(=O)(=O)NC(=O)[C@@]23C[C@H]2/C=C\CCCCC[C@H](NC(=O)OC(C)(C)C)C(=O)N2CCCC2C(=O)N3)cc1. The van der Waals surface area contributed by atoms with E-state index in [-0.39, 0.29) is 12.1 Å². The van der Waals surface area contributed by atoms with Crippen molar-refractivity contribution in [2.75, 3.05) is 18.4 Å². The van der Waals surface area contributed by atoms with Crippen LogP contribution in [0.3, 0.4) is 0 Å². The van der Waals surface area contributed by atoms with Crippen molar-refractivity contribution < 1.29 is 37.1 Å². The van der Waals surface area contributed by atoms with Crippen LogP contribution in [-0.4, -0.2) is 74.0 Å². The molecule has 0 aromatic heterocycles. The van der Waals surface area contributed by atoms with Gasteiger partial charge in [0.15, 0.2) is 0 Å². The fourth-order valence-corrected chi connectivity index (χ4v) is 6.52. The molecule has 242 valence electrons. The van der Waals surface area contributed by atoms with Crippen LogP contribution in [0.2, 0.25) is 0 Å². The van der Waals surface area contributed by atoms with Crippen LogP contribution < -0.4 is 24.8 Å². The summed E-state index contributed by atoms with van der Waals surface area (Å²) in [6.45, 7) is 5.51. The number of carbonyl (C=O) groups is 4. The number of rotatable bonds is 6. The van der Waals surface area contributed by atoms with E-state index in [0.717, 1.165) is 12.8 Å². The number of hydrogen-bond donors (Lipinski definition) is 4. The number of allylic oxidation sites excluding steroid dienone is 1. The summed E-state index contributed by atoms with van der Waals surface area (Å²) in [5.41, 5.74) is -2.02. The molecular weight excluding hydrogens is 590 g/mol. The molecule has 0 radical (unpaired) electrons. The van der Waals surface area contributed by atoms with Gasteiger partial charge in [-0.3, -0.25) is 19.1 Å². The Balaban J connectivity index is 1.52. The number of alkyl carbamates (subject to hydrolysis) is 1. The van der Waals surface area contributed by atoms with Crippen molar-refractivity contribution in [1.29, 1.82) is 0 Å². The zero-order valence-electron chi connectivity index (χ0n) is 25.7.